The van der Waals surface area contributed by atoms with Gasteiger partial charge in [0.1, 0.15) is 11.5 Å². The van der Waals surface area contributed by atoms with E-state index in [9.17, 15) is 22.8 Å². The van der Waals surface area contributed by atoms with Crippen molar-refractivity contribution in [3.05, 3.63) is 95.6 Å². The van der Waals surface area contributed by atoms with Crippen LogP contribution < -0.4 is 9.47 Å². The van der Waals surface area contributed by atoms with E-state index in [2.05, 4.69) is 36.4 Å². The number of carbonyl (C=O) groups excluding carboxylic acids is 2. The average molecular weight is 615 g/mol. The molecule has 1 aliphatic rings. The lowest BCUT2D eigenvalue weighted by molar-refractivity contribution is -0.141. The number of esters is 1. The van der Waals surface area contributed by atoms with E-state index in [0.29, 0.717) is 31.8 Å². The number of carbonyl (C=O) groups is 2. The van der Waals surface area contributed by atoms with Crippen LogP contribution in [0.4, 0.5) is 13.2 Å². The summed E-state index contributed by atoms with van der Waals surface area (Å²) in [4.78, 5) is 23.0. The van der Waals surface area contributed by atoms with E-state index in [1.807, 2.05) is 30.0 Å². The minimum atomic E-state index is -4.90. The first-order valence-electron chi connectivity index (χ1n) is 14.5. The molecule has 1 fully saturated rings. The van der Waals surface area contributed by atoms with Crippen molar-refractivity contribution in [3.63, 3.8) is 0 Å². The molecule has 0 bridgehead atoms. The number of hydrogen-bond acceptors (Lipinski definition) is 6. The topological polar surface area (TPSA) is 61.8 Å². The van der Waals surface area contributed by atoms with E-state index in [1.54, 1.807) is 0 Å². The molecule has 4 rings (SSSR count). The van der Waals surface area contributed by atoms with Crippen LogP contribution in [-0.2, 0) is 9.53 Å². The van der Waals surface area contributed by atoms with Gasteiger partial charge in [-0.05, 0) is 90.1 Å². The molecule has 3 aromatic rings. The zero-order valence-electron chi connectivity index (χ0n) is 24.2. The summed E-state index contributed by atoms with van der Waals surface area (Å²) in [6.07, 6.45) is 0.505. The van der Waals surface area contributed by atoms with E-state index < -0.39 is 17.5 Å². The molecule has 1 atom stereocenters. The Labute approximate surface area is 255 Å². The number of alkyl halides is 3. The first-order chi connectivity index (χ1) is 20.7. The van der Waals surface area contributed by atoms with Gasteiger partial charge >= 0.3 is 12.1 Å². The van der Waals surface area contributed by atoms with Gasteiger partial charge in [0.25, 0.3) is 5.78 Å². The third-order valence-corrected chi connectivity index (χ3v) is 8.97. The molecule has 1 unspecified atom stereocenters. The summed E-state index contributed by atoms with van der Waals surface area (Å²) in [5, 5.41) is 0. The average Bonchev–Trinajstić information content (AvgIpc) is 3.78. The second kappa shape index (κ2) is 15.3. The molecule has 0 amide bonds. The zero-order chi connectivity index (χ0) is 30.7. The van der Waals surface area contributed by atoms with Crippen molar-refractivity contribution in [1.29, 1.82) is 0 Å². The number of Topliss-reactive ketones (excluding diaryl/α,β-unsaturated/α-hetero) is 1. The van der Waals surface area contributed by atoms with Gasteiger partial charge in [0.2, 0.25) is 0 Å². The fraction of sp³-hybridized carbons (Fsp3) is 0.412. The molecule has 0 spiro atoms. The molecule has 9 heteroatoms. The second-order valence-electron chi connectivity index (χ2n) is 10.9. The summed E-state index contributed by atoms with van der Waals surface area (Å²) in [5.74, 6) is 1.48. The fourth-order valence-corrected chi connectivity index (χ4v) is 6.26. The molecule has 3 aromatic carbocycles. The van der Waals surface area contributed by atoms with E-state index in [-0.39, 0.29) is 17.3 Å². The monoisotopic (exact) mass is 614 g/mol. The van der Waals surface area contributed by atoms with Crippen molar-refractivity contribution in [1.82, 2.24) is 0 Å². The summed E-state index contributed by atoms with van der Waals surface area (Å²) >= 11 is 1.93. The van der Waals surface area contributed by atoms with Gasteiger partial charge in [-0.25, -0.2) is 0 Å². The van der Waals surface area contributed by atoms with Crippen LogP contribution in [0.25, 0.3) is 0 Å². The van der Waals surface area contributed by atoms with Crippen LogP contribution in [0.5, 0.6) is 11.5 Å². The third kappa shape index (κ3) is 10.1. The molecular weight excluding hydrogens is 577 g/mol. The number of rotatable bonds is 17. The standard InChI is InChI=1S/C34H37F3O5S/c1-40-31(38)23-33(18-19-33)24-43-22-5-9-30(25-7-3-2-4-8-25)26-10-14-28(15-11-26)41-20-6-21-42-29-16-12-27(13-17-29)32(39)34(35,36)37/h2-4,7-8,10-17,30H,5-6,9,18-24H2,1H3. The molecule has 1 saturated carbocycles. The van der Waals surface area contributed by atoms with Gasteiger partial charge < -0.3 is 14.2 Å². The van der Waals surface area contributed by atoms with E-state index in [4.69, 9.17) is 14.2 Å². The first kappa shape index (κ1) is 32.5. The third-order valence-electron chi connectivity index (χ3n) is 7.58. The lowest BCUT2D eigenvalue weighted by atomic mass is 9.88. The number of methoxy groups -OCH3 is 1. The summed E-state index contributed by atoms with van der Waals surface area (Å²) in [6, 6.07) is 23.6. The number of benzene rings is 3. The van der Waals surface area contributed by atoms with Crippen molar-refractivity contribution in [2.24, 2.45) is 5.41 Å². The summed E-state index contributed by atoms with van der Waals surface area (Å²) in [6.45, 7) is 0.739. The number of halogens is 3. The predicted molar refractivity (Wildman–Crippen MR) is 162 cm³/mol. The van der Waals surface area contributed by atoms with Crippen molar-refractivity contribution >= 4 is 23.5 Å². The molecule has 0 aliphatic heterocycles. The minimum Gasteiger partial charge on any atom is -0.493 e. The highest BCUT2D eigenvalue weighted by Crippen LogP contribution is 2.51. The number of hydrogen-bond donors (Lipinski definition) is 0. The Morgan fingerprint density at radius 2 is 1.42 bits per heavy atom. The molecule has 0 radical (unpaired) electrons. The Kier molecular flexibility index (Phi) is 11.6. The lowest BCUT2D eigenvalue weighted by Gasteiger charge is -2.19. The molecule has 1 aliphatic carbocycles. The van der Waals surface area contributed by atoms with E-state index in [1.165, 1.54) is 30.4 Å². The van der Waals surface area contributed by atoms with Crippen molar-refractivity contribution < 1.29 is 37.0 Å². The minimum absolute atomic E-state index is 0.112. The Morgan fingerprint density at radius 3 is 1.98 bits per heavy atom. The Bertz CT molecular complexity index is 1310. The lowest BCUT2D eigenvalue weighted by Crippen LogP contribution is -2.22. The quantitative estimate of drug-likeness (QED) is 0.0867. The molecular formula is C34H37F3O5S. The Morgan fingerprint density at radius 1 is 0.837 bits per heavy atom. The molecule has 0 aromatic heterocycles. The van der Waals surface area contributed by atoms with Gasteiger partial charge in [-0.1, -0.05) is 42.5 Å². The van der Waals surface area contributed by atoms with Crippen LogP contribution in [0.3, 0.4) is 0 Å². The predicted octanol–water partition coefficient (Wildman–Crippen LogP) is 8.27. The van der Waals surface area contributed by atoms with Gasteiger partial charge in [-0.3, -0.25) is 9.59 Å². The van der Waals surface area contributed by atoms with Crippen LogP contribution in [0, 0.1) is 5.41 Å². The first-order valence-corrected chi connectivity index (χ1v) is 15.6. The van der Waals surface area contributed by atoms with Gasteiger partial charge in [0, 0.05) is 17.9 Å². The Balaban J connectivity index is 1.21. The summed E-state index contributed by atoms with van der Waals surface area (Å²) in [5.41, 5.74) is 2.23. The molecule has 0 saturated heterocycles. The zero-order valence-corrected chi connectivity index (χ0v) is 25.1. The maximum absolute atomic E-state index is 12.5. The molecule has 5 nitrogen and oxygen atoms in total. The van der Waals surface area contributed by atoms with E-state index >= 15 is 0 Å². The van der Waals surface area contributed by atoms with Crippen LogP contribution in [0.1, 0.15) is 65.9 Å². The smallest absolute Gasteiger partial charge is 0.454 e. The molecule has 0 N–H and O–H groups in total. The molecule has 230 valence electrons. The highest BCUT2D eigenvalue weighted by Gasteiger charge is 2.44. The largest absolute Gasteiger partial charge is 0.493 e. The maximum Gasteiger partial charge on any atom is 0.454 e. The van der Waals surface area contributed by atoms with Crippen LogP contribution >= 0.6 is 11.8 Å². The van der Waals surface area contributed by atoms with Crippen LogP contribution in [0.15, 0.2) is 78.9 Å². The number of ether oxygens (including phenoxy) is 3. The molecule has 0 heterocycles. The van der Waals surface area contributed by atoms with Crippen LogP contribution in [0.2, 0.25) is 0 Å². The van der Waals surface area contributed by atoms with Gasteiger partial charge in [0.15, 0.2) is 0 Å². The molecule has 43 heavy (non-hydrogen) atoms. The number of ketones is 1. The SMILES string of the molecule is COC(=O)CC1(CSCCCC(c2ccccc2)c2ccc(OCCCOc3ccc(C(=O)C(F)(F)F)cc3)cc2)CC1. The fourth-order valence-electron chi connectivity index (χ4n) is 4.92. The van der Waals surface area contributed by atoms with Crippen molar-refractivity contribution in [3.8, 4) is 11.5 Å². The maximum atomic E-state index is 12.5. The number of thioether (sulfide) groups is 1. The second-order valence-corrected chi connectivity index (χ2v) is 12.0. The van der Waals surface area contributed by atoms with Crippen LogP contribution in [-0.4, -0.2) is 49.8 Å². The van der Waals surface area contributed by atoms with Gasteiger partial charge in [-0.2, -0.15) is 24.9 Å². The normalized spacial score (nSPS) is 14.5. The highest BCUT2D eigenvalue weighted by molar-refractivity contribution is 7.99. The van der Waals surface area contributed by atoms with Crippen molar-refractivity contribution in [2.75, 3.05) is 31.8 Å². The van der Waals surface area contributed by atoms with E-state index in [0.717, 1.165) is 55.1 Å². The summed E-state index contributed by atoms with van der Waals surface area (Å²) < 4.78 is 53.9. The highest BCUT2D eigenvalue weighted by atomic mass is 32.2. The summed E-state index contributed by atoms with van der Waals surface area (Å²) in [7, 11) is 1.45. The van der Waals surface area contributed by atoms with Gasteiger partial charge in [0.05, 0.1) is 26.7 Å². The van der Waals surface area contributed by atoms with Crippen molar-refractivity contribution in [2.45, 2.75) is 50.6 Å². The Hall–Kier alpha value is -3.46. The van der Waals surface area contributed by atoms with Gasteiger partial charge in [-0.15, -0.1) is 0 Å².